The van der Waals surface area contributed by atoms with Crippen LogP contribution < -0.4 is 5.32 Å². The van der Waals surface area contributed by atoms with Gasteiger partial charge in [-0.1, -0.05) is 53.7 Å². The zero-order valence-corrected chi connectivity index (χ0v) is 14.6. The highest BCUT2D eigenvalue weighted by Gasteiger charge is 2.32. The lowest BCUT2D eigenvalue weighted by molar-refractivity contribution is 0.161. The number of allylic oxidation sites excluding steroid dienone is 2. The molecule has 0 radical (unpaired) electrons. The molecule has 0 heterocycles. The Morgan fingerprint density at radius 3 is 1.95 bits per heavy atom. The molecule has 0 rings (SSSR count). The van der Waals surface area contributed by atoms with Crippen LogP contribution in [0.4, 0.5) is 0 Å². The van der Waals surface area contributed by atoms with Crippen molar-refractivity contribution in [2.24, 2.45) is 16.7 Å². The van der Waals surface area contributed by atoms with E-state index in [1.54, 1.807) is 0 Å². The zero-order valence-electron chi connectivity index (χ0n) is 14.6. The van der Waals surface area contributed by atoms with Crippen molar-refractivity contribution in [3.05, 3.63) is 23.9 Å². The van der Waals surface area contributed by atoms with Gasteiger partial charge in [0.15, 0.2) is 0 Å². The third-order valence-corrected chi connectivity index (χ3v) is 4.39. The Morgan fingerprint density at radius 2 is 1.58 bits per heavy atom. The summed E-state index contributed by atoms with van der Waals surface area (Å²) in [5.74, 6) is 0.691. The van der Waals surface area contributed by atoms with Crippen LogP contribution in [-0.4, -0.2) is 6.04 Å². The molecule has 0 aromatic carbocycles. The maximum Gasteiger partial charge on any atom is 0.0268 e. The second kappa shape index (κ2) is 6.63. The highest BCUT2D eigenvalue weighted by molar-refractivity contribution is 5.23. The molecular formula is C18H35N. The summed E-state index contributed by atoms with van der Waals surface area (Å²) < 4.78 is 0. The minimum absolute atomic E-state index is 0.204. The molecule has 0 aromatic heterocycles. The van der Waals surface area contributed by atoms with Crippen molar-refractivity contribution < 1.29 is 0 Å². The molecule has 0 amide bonds. The summed E-state index contributed by atoms with van der Waals surface area (Å²) >= 11 is 0. The Labute approximate surface area is 121 Å². The van der Waals surface area contributed by atoms with Crippen molar-refractivity contribution in [1.29, 1.82) is 0 Å². The van der Waals surface area contributed by atoms with Crippen LogP contribution in [0.1, 0.15) is 68.7 Å². The predicted octanol–water partition coefficient (Wildman–Crippen LogP) is 5.54. The van der Waals surface area contributed by atoms with E-state index in [1.165, 1.54) is 12.0 Å². The summed E-state index contributed by atoms with van der Waals surface area (Å²) in [5, 5.41) is 3.36. The van der Waals surface area contributed by atoms with E-state index >= 15 is 0 Å². The van der Waals surface area contributed by atoms with Gasteiger partial charge in [-0.15, -0.1) is 0 Å². The Bertz CT molecular complexity index is 330. The third-order valence-electron chi connectivity index (χ3n) is 4.39. The fraction of sp³-hybridized carbons (Fsp3) is 0.778. The van der Waals surface area contributed by atoms with Gasteiger partial charge in [0.2, 0.25) is 0 Å². The first-order valence-electron chi connectivity index (χ1n) is 7.52. The minimum Gasteiger partial charge on any atom is -0.383 e. The van der Waals surface area contributed by atoms with Crippen molar-refractivity contribution in [2.75, 3.05) is 0 Å². The van der Waals surface area contributed by atoms with E-state index in [1.807, 2.05) is 0 Å². The molecule has 0 fully saturated rings. The molecular weight excluding hydrogens is 230 g/mol. The maximum absolute atomic E-state index is 4.09. The SMILES string of the molecule is C=C(/C=C(\C)C(C)(C)CC(C)(C)C(C)C)NC(C)C. The summed E-state index contributed by atoms with van der Waals surface area (Å²) in [4.78, 5) is 0. The van der Waals surface area contributed by atoms with Gasteiger partial charge in [-0.05, 0) is 50.0 Å². The van der Waals surface area contributed by atoms with E-state index < -0.39 is 0 Å². The molecule has 0 spiro atoms. The Hall–Kier alpha value is -0.720. The van der Waals surface area contributed by atoms with Gasteiger partial charge in [-0.25, -0.2) is 0 Å². The van der Waals surface area contributed by atoms with Crippen molar-refractivity contribution in [1.82, 2.24) is 5.32 Å². The number of rotatable bonds is 7. The second-order valence-electron chi connectivity index (χ2n) is 7.86. The van der Waals surface area contributed by atoms with E-state index in [2.05, 4.69) is 80.3 Å². The van der Waals surface area contributed by atoms with E-state index in [4.69, 9.17) is 0 Å². The fourth-order valence-corrected chi connectivity index (χ4v) is 2.35. The fourth-order valence-electron chi connectivity index (χ4n) is 2.35. The van der Waals surface area contributed by atoms with Crippen LogP contribution in [0, 0.1) is 16.7 Å². The average Bonchev–Trinajstić information content (AvgIpc) is 2.13. The number of hydrogen-bond acceptors (Lipinski definition) is 1. The van der Waals surface area contributed by atoms with Crippen LogP contribution in [0.3, 0.4) is 0 Å². The van der Waals surface area contributed by atoms with E-state index in [0.29, 0.717) is 17.4 Å². The van der Waals surface area contributed by atoms with Crippen LogP contribution in [-0.2, 0) is 0 Å². The van der Waals surface area contributed by atoms with Gasteiger partial charge in [-0.2, -0.15) is 0 Å². The van der Waals surface area contributed by atoms with Gasteiger partial charge in [0.1, 0.15) is 0 Å². The lowest BCUT2D eigenvalue weighted by atomic mass is 9.67. The molecule has 0 aliphatic rings. The average molecular weight is 265 g/mol. The highest BCUT2D eigenvalue weighted by atomic mass is 14.9. The topological polar surface area (TPSA) is 12.0 Å². The molecule has 1 nitrogen and oxygen atoms in total. The molecule has 0 saturated heterocycles. The summed E-state index contributed by atoms with van der Waals surface area (Å²) in [7, 11) is 0. The van der Waals surface area contributed by atoms with Crippen LogP contribution in [0.15, 0.2) is 23.9 Å². The first-order valence-corrected chi connectivity index (χ1v) is 7.52. The standard InChI is InChI=1S/C18H35N/c1-13(2)17(7,8)12-18(9,10)15(5)11-16(6)19-14(3)4/h11,13-14,19H,6,12H2,1-5,7-10H3/b15-11+. The first kappa shape index (κ1) is 18.3. The molecule has 0 aliphatic carbocycles. The Kier molecular flexibility index (Phi) is 6.38. The molecule has 1 N–H and O–H groups in total. The molecule has 112 valence electrons. The summed E-state index contributed by atoms with van der Waals surface area (Å²) in [5.41, 5.74) is 2.98. The van der Waals surface area contributed by atoms with Crippen LogP contribution >= 0.6 is 0 Å². The monoisotopic (exact) mass is 265 g/mol. The summed E-state index contributed by atoms with van der Waals surface area (Å²) in [6, 6.07) is 0.437. The van der Waals surface area contributed by atoms with Gasteiger partial charge >= 0.3 is 0 Å². The predicted molar refractivity (Wildman–Crippen MR) is 88.2 cm³/mol. The van der Waals surface area contributed by atoms with Gasteiger partial charge < -0.3 is 5.32 Å². The normalized spacial score (nSPS) is 14.2. The third kappa shape index (κ3) is 6.31. The largest absolute Gasteiger partial charge is 0.383 e. The Balaban J connectivity index is 4.90. The summed E-state index contributed by atoms with van der Waals surface area (Å²) in [6.45, 7) is 24.6. The Morgan fingerprint density at radius 1 is 1.11 bits per heavy atom. The highest BCUT2D eigenvalue weighted by Crippen LogP contribution is 2.42. The quantitative estimate of drug-likeness (QED) is 0.596. The molecule has 1 heteroatoms. The molecule has 19 heavy (non-hydrogen) atoms. The second-order valence-corrected chi connectivity index (χ2v) is 7.86. The van der Waals surface area contributed by atoms with Crippen molar-refractivity contribution >= 4 is 0 Å². The number of hydrogen-bond donors (Lipinski definition) is 1. The lowest BCUT2D eigenvalue weighted by Crippen LogP contribution is -2.29. The van der Waals surface area contributed by atoms with E-state index in [9.17, 15) is 0 Å². The van der Waals surface area contributed by atoms with Crippen molar-refractivity contribution in [3.63, 3.8) is 0 Å². The van der Waals surface area contributed by atoms with Crippen LogP contribution in [0.2, 0.25) is 0 Å². The van der Waals surface area contributed by atoms with E-state index in [0.717, 1.165) is 5.70 Å². The van der Waals surface area contributed by atoms with Crippen LogP contribution in [0.5, 0.6) is 0 Å². The molecule has 0 bridgehead atoms. The van der Waals surface area contributed by atoms with Crippen LogP contribution in [0.25, 0.3) is 0 Å². The van der Waals surface area contributed by atoms with Gasteiger partial charge in [0.25, 0.3) is 0 Å². The van der Waals surface area contributed by atoms with Gasteiger partial charge in [-0.3, -0.25) is 0 Å². The van der Waals surface area contributed by atoms with Gasteiger partial charge in [0, 0.05) is 11.7 Å². The molecule has 0 unspecified atom stereocenters. The molecule has 0 saturated carbocycles. The van der Waals surface area contributed by atoms with Crippen molar-refractivity contribution in [3.8, 4) is 0 Å². The molecule has 0 aromatic rings. The lowest BCUT2D eigenvalue weighted by Gasteiger charge is -2.38. The van der Waals surface area contributed by atoms with E-state index in [-0.39, 0.29) is 5.41 Å². The molecule has 0 atom stereocenters. The minimum atomic E-state index is 0.204. The van der Waals surface area contributed by atoms with Crippen molar-refractivity contribution in [2.45, 2.75) is 74.8 Å². The smallest absolute Gasteiger partial charge is 0.0268 e. The maximum atomic E-state index is 4.09. The molecule has 0 aliphatic heterocycles. The van der Waals surface area contributed by atoms with Gasteiger partial charge in [0.05, 0.1) is 0 Å². The first-order chi connectivity index (χ1) is 8.38. The zero-order chi connectivity index (χ0) is 15.4. The summed E-state index contributed by atoms with van der Waals surface area (Å²) in [6.07, 6.45) is 3.39. The number of nitrogens with one attached hydrogen (secondary N) is 1.